The number of nitriles is 4. The molecule has 0 radical (unpaired) electrons. The van der Waals surface area contributed by atoms with Gasteiger partial charge in [-0.2, -0.15) is 126 Å². The monoisotopic (exact) mass is 1770 g/mol. The molecule has 0 saturated carbocycles. The van der Waals surface area contributed by atoms with Gasteiger partial charge in [-0.25, -0.2) is 67.3 Å². The number of alkyl halides is 24. The van der Waals surface area contributed by atoms with E-state index in [4.69, 9.17) is 134 Å². The maximum Gasteiger partial charge on any atom is 3.00 e. The summed E-state index contributed by atoms with van der Waals surface area (Å²) in [5, 5.41) is 29.3. The SMILES string of the molecule is CC#N.CC#N.CC#N.CC#N.CCC1=NCCO1.CCC1=NCCO1.O=S(=O)([O-])C(F)(F)F.O=S(=O)([O-])C(F)(F)F.O=S(=O)([O-])C(F)(F)F.O=S(=O)([O-])C(F)(F)F.O=S(=O)([O-])C(F)(F)F.O=S(=O)([O-])C(F)(F)F.O=S(=O)([O-])C(F)(F)F.O=S(=O)([O-])C(F)(F)F.[O-2].[O-2].[Sc+3].[Sc+3].[Sc+3].[Sc+3]. The number of hydrogen-bond donors (Lipinski definition) is 0. The van der Waals surface area contributed by atoms with Crippen LogP contribution in [-0.2, 0) is 205 Å². The molecule has 0 amide bonds. The Kier molecular flexibility index (Phi) is 88.6. The number of ether oxygens (including phenoxy) is 2. The maximum atomic E-state index is 10.7. The van der Waals surface area contributed by atoms with E-state index in [1.807, 2.05) is 13.8 Å². The molecular formula is C26H30F24N6O28S8Sc4. The van der Waals surface area contributed by atoms with E-state index in [9.17, 15) is 105 Å². The van der Waals surface area contributed by atoms with Crippen molar-refractivity contribution < 1.29 is 333 Å². The molecule has 0 fully saturated rings. The van der Waals surface area contributed by atoms with Gasteiger partial charge in [0.05, 0.1) is 37.4 Å². The topological polar surface area (TPSA) is 653 Å². The van der Waals surface area contributed by atoms with Gasteiger partial charge in [0.25, 0.3) is 0 Å². The summed E-state index contributed by atoms with van der Waals surface area (Å²) >= 11 is 0. The summed E-state index contributed by atoms with van der Waals surface area (Å²) < 4.78 is 481. The average molecular weight is 1770 g/mol. The molecule has 2 rings (SSSR count). The molecule has 0 atom stereocenters. The van der Waals surface area contributed by atoms with E-state index in [0.717, 1.165) is 50.9 Å². The van der Waals surface area contributed by atoms with E-state index in [1.54, 1.807) is 24.3 Å². The molecule has 560 valence electrons. The average Bonchev–Trinajstić information content (AvgIpc) is 3.97. The first-order valence-corrected chi connectivity index (χ1v) is 29.5. The molecule has 34 nitrogen and oxygen atoms in total. The second kappa shape index (κ2) is 60.5. The van der Waals surface area contributed by atoms with Crippen LogP contribution in [0.15, 0.2) is 9.98 Å². The molecule has 2 heterocycles. The first-order valence-electron chi connectivity index (χ1n) is 18.2. The molecule has 0 aromatic carbocycles. The van der Waals surface area contributed by atoms with Gasteiger partial charge in [0, 0.05) is 40.5 Å². The Hall–Kier alpha value is -2.10. The molecular weight excluding hydrogens is 1740 g/mol. The Bertz CT molecular complexity index is 2660. The van der Waals surface area contributed by atoms with E-state index >= 15 is 0 Å². The summed E-state index contributed by atoms with van der Waals surface area (Å²) in [7, 11) is -48.7. The van der Waals surface area contributed by atoms with Gasteiger partial charge in [-0.05, 0) is 0 Å². The quantitative estimate of drug-likeness (QED) is 0.215. The third-order valence-electron chi connectivity index (χ3n) is 4.17. The first kappa shape index (κ1) is 141. The van der Waals surface area contributed by atoms with Crippen molar-refractivity contribution in [2.45, 2.75) is 98.5 Å². The third kappa shape index (κ3) is 98.3. The molecule has 2 aliphatic heterocycles. The number of nitrogens with zero attached hydrogens (tertiary/aromatic N) is 6. The summed E-state index contributed by atoms with van der Waals surface area (Å²) in [6, 6.07) is 7.00. The minimum absolute atomic E-state index is 0. The third-order valence-corrected chi connectivity index (χ3v) is 8.70. The predicted molar refractivity (Wildman–Crippen MR) is 230 cm³/mol. The Labute approximate surface area is 600 Å². The fraction of sp³-hybridized carbons (Fsp3) is 0.769. The van der Waals surface area contributed by atoms with Crippen LogP contribution >= 0.6 is 0 Å². The van der Waals surface area contributed by atoms with Crippen LogP contribution in [0.25, 0.3) is 0 Å². The van der Waals surface area contributed by atoms with E-state index in [2.05, 4.69) is 9.98 Å². The van der Waals surface area contributed by atoms with Crippen LogP contribution < -0.4 is 0 Å². The fourth-order valence-corrected chi connectivity index (χ4v) is 1.19. The molecule has 96 heavy (non-hydrogen) atoms. The smallest absolute Gasteiger partial charge is 2.00 e. The number of hydrogen-bond acceptors (Lipinski definition) is 32. The Morgan fingerprint density at radius 1 is 0.312 bits per heavy atom. The summed E-state index contributed by atoms with van der Waals surface area (Å²) in [4.78, 5) is 8.10. The number of aliphatic imine (C=N–C) groups is 2. The van der Waals surface area contributed by atoms with Gasteiger partial charge in [0.2, 0.25) is 0 Å². The summed E-state index contributed by atoms with van der Waals surface area (Å²) in [6.45, 7) is 13.1. The van der Waals surface area contributed by atoms with E-state index in [1.165, 1.54) is 27.7 Å². The molecule has 0 aliphatic carbocycles. The van der Waals surface area contributed by atoms with E-state index in [0.29, 0.717) is 0 Å². The molecule has 0 spiro atoms. The summed E-state index contributed by atoms with van der Waals surface area (Å²) in [5.74, 6) is 1.83. The Balaban J connectivity index is -0.0000000429. The normalized spacial score (nSPS) is 12.4. The van der Waals surface area contributed by atoms with Crippen molar-refractivity contribution in [3.05, 3.63) is 0 Å². The van der Waals surface area contributed by atoms with E-state index in [-0.39, 0.29) is 114 Å². The minimum atomic E-state index is -6.09. The van der Waals surface area contributed by atoms with Gasteiger partial charge in [0.15, 0.2) is 92.7 Å². The van der Waals surface area contributed by atoms with Crippen molar-refractivity contribution in [2.24, 2.45) is 9.98 Å². The standard InChI is InChI=1S/2C5H9NO.4C2H3N.8CHF3O3S.2O.4Sc/c2*1-2-5-6-3-4-7-5;4*1-2-3;8*2-1(3,4)8(5,6)7;;;;;;/h2*2-4H2,1H3;4*1H3;8*(H,5,6,7);;;;;;/q;;;;;;;;;;;;;;2*-2;4*+3/p-8. The molecule has 0 N–H and O–H groups in total. The minimum Gasteiger partial charge on any atom is -2.00 e. The molecule has 2 aliphatic rings. The van der Waals surface area contributed by atoms with Crippen molar-refractivity contribution in [2.75, 3.05) is 26.3 Å². The van der Waals surface area contributed by atoms with Gasteiger partial charge < -0.3 is 56.8 Å². The van der Waals surface area contributed by atoms with Crippen molar-refractivity contribution >= 4 is 92.7 Å². The second-order valence-electron chi connectivity index (χ2n) is 11.0. The van der Waals surface area contributed by atoms with Gasteiger partial charge in [-0.3, -0.25) is 9.98 Å². The van der Waals surface area contributed by atoms with Crippen molar-refractivity contribution in [3.63, 3.8) is 0 Å². The van der Waals surface area contributed by atoms with Crippen molar-refractivity contribution in [1.29, 1.82) is 21.0 Å². The van der Waals surface area contributed by atoms with Crippen LogP contribution in [0.5, 0.6) is 0 Å². The van der Waals surface area contributed by atoms with Crippen LogP contribution in [0.3, 0.4) is 0 Å². The van der Waals surface area contributed by atoms with Gasteiger partial charge in [0.1, 0.15) is 13.2 Å². The fourth-order valence-electron chi connectivity index (χ4n) is 1.19. The maximum absolute atomic E-state index is 10.7. The van der Waals surface area contributed by atoms with Crippen LogP contribution in [-0.4, -0.2) is 186 Å². The second-order valence-corrected chi connectivity index (χ2v) is 22.0. The summed E-state index contributed by atoms with van der Waals surface area (Å²) in [5.41, 5.74) is -45.2. The zero-order valence-corrected chi connectivity index (χ0v) is 59.7. The largest absolute Gasteiger partial charge is 3.00 e. The predicted octanol–water partition coefficient (Wildman–Crippen LogP) is 3.93. The number of halogens is 24. The van der Waals surface area contributed by atoms with Crippen molar-refractivity contribution in [1.82, 2.24) is 0 Å². The summed E-state index contributed by atoms with van der Waals surface area (Å²) in [6.07, 6.45) is 1.89. The van der Waals surface area contributed by atoms with Gasteiger partial charge in [-0.15, -0.1) is 0 Å². The molecule has 0 bridgehead atoms. The number of rotatable bonds is 2. The van der Waals surface area contributed by atoms with Crippen LogP contribution in [0.2, 0.25) is 0 Å². The van der Waals surface area contributed by atoms with Crippen LogP contribution in [0.1, 0.15) is 54.4 Å². The molecule has 0 saturated heterocycles. The molecule has 0 aromatic heterocycles. The van der Waals surface area contributed by atoms with Gasteiger partial charge in [-0.1, -0.05) is 13.8 Å². The zero-order valence-electron chi connectivity index (χ0n) is 46.0. The molecule has 70 heteroatoms. The van der Waals surface area contributed by atoms with Crippen LogP contribution in [0, 0.1) is 45.3 Å². The van der Waals surface area contributed by atoms with E-state index < -0.39 is 125 Å². The Morgan fingerprint density at radius 3 is 0.406 bits per heavy atom. The first-order chi connectivity index (χ1) is 38.5. The van der Waals surface area contributed by atoms with Gasteiger partial charge >= 0.3 is 147 Å². The van der Waals surface area contributed by atoms with Crippen LogP contribution in [0.4, 0.5) is 105 Å². The molecule has 0 unspecified atom stereocenters. The molecule has 0 aromatic rings. The zero-order chi connectivity index (χ0) is 77.1. The van der Waals surface area contributed by atoms with Crippen molar-refractivity contribution in [3.8, 4) is 24.3 Å². The Morgan fingerprint density at radius 2 is 0.385 bits per heavy atom.